The molecule has 0 bridgehead atoms. The fourth-order valence-corrected chi connectivity index (χ4v) is 2.03. The minimum Gasteiger partial charge on any atom is -0.358 e. The Kier molecular flexibility index (Phi) is 4.22. The van der Waals surface area contributed by atoms with Gasteiger partial charge in [0.2, 0.25) is 5.91 Å². The first-order valence-corrected chi connectivity index (χ1v) is 5.22. The maximum absolute atomic E-state index is 11.2. The molecule has 0 aliphatic carbocycles. The first kappa shape index (κ1) is 10.5. The van der Waals surface area contributed by atoms with Gasteiger partial charge in [-0.15, -0.1) is 0 Å². The van der Waals surface area contributed by atoms with Crippen LogP contribution in [0.2, 0.25) is 0 Å². The number of nitrogens with one attached hydrogen (secondary N) is 1. The number of likely N-dealkylation sites (tertiary alicyclic amines) is 1. The van der Waals surface area contributed by atoms with Gasteiger partial charge in [-0.3, -0.25) is 9.69 Å². The fraction of sp³-hybridized carbons (Fsp3) is 0.900. The van der Waals surface area contributed by atoms with E-state index in [0.717, 1.165) is 6.54 Å². The Morgan fingerprint density at radius 1 is 1.62 bits per heavy atom. The average Bonchev–Trinajstić information content (AvgIpc) is 2.54. The topological polar surface area (TPSA) is 32.3 Å². The standard InChI is InChI=1S/C10H20N2O/c1-3-5-9-6-4-7-12(9)8-10(13)11-2/h9H,3-8H2,1-2H3,(H,11,13)/i2+1,10+1,11+1. The summed E-state index contributed by atoms with van der Waals surface area (Å²) in [4.78, 5) is 13.5. The molecular weight excluding hydrogens is 167 g/mol. The van der Waals surface area contributed by atoms with Crippen LogP contribution in [0.25, 0.3) is 0 Å². The zero-order valence-electron chi connectivity index (χ0n) is 8.68. The van der Waals surface area contributed by atoms with Crippen molar-refractivity contribution in [3.8, 4) is 0 Å². The van der Waals surface area contributed by atoms with Crippen LogP contribution in [-0.4, -0.2) is 37.0 Å². The summed E-state index contributed by atoms with van der Waals surface area (Å²) in [6.07, 6.45) is 4.97. The molecule has 1 heterocycles. The Hall–Kier alpha value is -0.570. The largest absolute Gasteiger partial charge is 0.358 e. The van der Waals surface area contributed by atoms with E-state index in [9.17, 15) is 4.79 Å². The molecule has 1 rings (SSSR count). The maximum atomic E-state index is 11.2. The van der Waals surface area contributed by atoms with Gasteiger partial charge in [0.15, 0.2) is 0 Å². The highest BCUT2D eigenvalue weighted by Crippen LogP contribution is 2.20. The van der Waals surface area contributed by atoms with Gasteiger partial charge in [0.05, 0.1) is 6.54 Å². The van der Waals surface area contributed by atoms with Crippen molar-refractivity contribution in [1.29, 1.82) is 0 Å². The van der Waals surface area contributed by atoms with Crippen molar-refractivity contribution in [1.82, 2.24) is 10.2 Å². The van der Waals surface area contributed by atoms with E-state index in [0.29, 0.717) is 12.6 Å². The van der Waals surface area contributed by atoms with E-state index in [2.05, 4.69) is 17.1 Å². The SMILES string of the molecule is CCCC1CCCN1C[13C](=O)[15NH][13CH3]. The van der Waals surface area contributed by atoms with Crippen molar-refractivity contribution in [2.24, 2.45) is 0 Å². The lowest BCUT2D eigenvalue weighted by Crippen LogP contribution is -2.38. The minimum atomic E-state index is 0.142. The summed E-state index contributed by atoms with van der Waals surface area (Å²) < 4.78 is 0. The summed E-state index contributed by atoms with van der Waals surface area (Å²) in [5, 5.41) is 2.67. The van der Waals surface area contributed by atoms with Gasteiger partial charge in [0, 0.05) is 13.1 Å². The molecule has 1 amide bonds. The van der Waals surface area contributed by atoms with Crippen LogP contribution in [0, 0.1) is 0 Å². The van der Waals surface area contributed by atoms with Gasteiger partial charge < -0.3 is 5.32 Å². The normalized spacial score (nSPS) is 23.4. The van der Waals surface area contributed by atoms with Gasteiger partial charge in [-0.25, -0.2) is 0 Å². The monoisotopic (exact) mass is 187 g/mol. The molecule has 0 radical (unpaired) electrons. The molecule has 1 aliphatic rings. The number of carbonyl (C=O) groups is 1. The van der Waals surface area contributed by atoms with Crippen LogP contribution in [0.15, 0.2) is 0 Å². The molecule has 1 unspecified atom stereocenters. The number of carbonyl (C=O) groups excluding carboxylic acids is 1. The number of amides is 1. The summed E-state index contributed by atoms with van der Waals surface area (Å²) in [5.74, 6) is 0.142. The number of hydrogen-bond donors (Lipinski definition) is 1. The van der Waals surface area contributed by atoms with Crippen LogP contribution < -0.4 is 5.32 Å². The summed E-state index contributed by atoms with van der Waals surface area (Å²) >= 11 is 0. The van der Waals surface area contributed by atoms with Gasteiger partial charge >= 0.3 is 0 Å². The summed E-state index contributed by atoms with van der Waals surface area (Å²) in [6, 6.07) is 0.655. The Morgan fingerprint density at radius 3 is 3.00 bits per heavy atom. The molecule has 0 aromatic rings. The Balaban J connectivity index is 2.34. The van der Waals surface area contributed by atoms with Crippen molar-refractivity contribution in [3.05, 3.63) is 0 Å². The first-order chi connectivity index (χ1) is 6.27. The highest BCUT2D eigenvalue weighted by Gasteiger charge is 2.24. The molecule has 13 heavy (non-hydrogen) atoms. The third-order valence-corrected chi connectivity index (χ3v) is 2.75. The Labute approximate surface area is 80.5 Å². The summed E-state index contributed by atoms with van der Waals surface area (Å²) in [5.41, 5.74) is 0. The Morgan fingerprint density at radius 2 is 2.38 bits per heavy atom. The quantitative estimate of drug-likeness (QED) is 0.526. The van der Waals surface area contributed by atoms with E-state index in [1.165, 1.54) is 25.7 Å². The lowest BCUT2D eigenvalue weighted by atomic mass is 10.1. The molecule has 1 atom stereocenters. The van der Waals surface area contributed by atoms with Crippen LogP contribution in [0.3, 0.4) is 0 Å². The van der Waals surface area contributed by atoms with E-state index >= 15 is 0 Å². The van der Waals surface area contributed by atoms with E-state index in [4.69, 9.17) is 0 Å². The van der Waals surface area contributed by atoms with Gasteiger partial charge in [-0.05, 0) is 25.8 Å². The van der Waals surface area contributed by atoms with Crippen LogP contribution in [-0.2, 0) is 4.79 Å². The van der Waals surface area contributed by atoms with E-state index in [1.807, 2.05) is 0 Å². The summed E-state index contributed by atoms with van der Waals surface area (Å²) in [6.45, 7) is 3.88. The number of hydrogen-bond acceptors (Lipinski definition) is 2. The molecular formula is C10H20N2O. The fourth-order valence-electron chi connectivity index (χ4n) is 2.03. The third-order valence-electron chi connectivity index (χ3n) is 2.75. The lowest BCUT2D eigenvalue weighted by Gasteiger charge is -2.22. The van der Waals surface area contributed by atoms with Gasteiger partial charge in [-0.2, -0.15) is 0 Å². The minimum absolute atomic E-state index is 0.142. The Bertz CT molecular complexity index is 170. The van der Waals surface area contributed by atoms with Crippen molar-refractivity contribution in [2.45, 2.75) is 38.6 Å². The molecule has 0 aromatic heterocycles. The highest BCUT2D eigenvalue weighted by molar-refractivity contribution is 5.77. The predicted molar refractivity (Wildman–Crippen MR) is 53.6 cm³/mol. The van der Waals surface area contributed by atoms with E-state index < -0.39 is 0 Å². The molecule has 76 valence electrons. The van der Waals surface area contributed by atoms with Crippen LogP contribution >= 0.6 is 0 Å². The molecule has 1 aliphatic heterocycles. The van der Waals surface area contributed by atoms with Crippen molar-refractivity contribution in [3.63, 3.8) is 0 Å². The van der Waals surface area contributed by atoms with Crippen LogP contribution in [0.1, 0.15) is 32.6 Å². The average molecular weight is 187 g/mol. The molecule has 1 fully saturated rings. The van der Waals surface area contributed by atoms with Crippen LogP contribution in [0.4, 0.5) is 0 Å². The highest BCUT2D eigenvalue weighted by atomic mass is 16.3. The first-order valence-electron chi connectivity index (χ1n) is 5.22. The number of likely N-dealkylation sites (N-methyl/N-ethyl adjacent to an activating group) is 1. The van der Waals surface area contributed by atoms with Gasteiger partial charge in [0.25, 0.3) is 0 Å². The number of rotatable bonds is 4. The van der Waals surface area contributed by atoms with E-state index in [-0.39, 0.29) is 5.91 Å². The van der Waals surface area contributed by atoms with Gasteiger partial charge in [-0.1, -0.05) is 13.3 Å². The molecule has 0 spiro atoms. The second kappa shape index (κ2) is 5.22. The molecule has 0 saturated carbocycles. The second-order valence-corrected chi connectivity index (χ2v) is 3.73. The van der Waals surface area contributed by atoms with Crippen molar-refractivity contribution >= 4 is 5.91 Å². The van der Waals surface area contributed by atoms with Crippen LogP contribution in [0.5, 0.6) is 0 Å². The maximum Gasteiger partial charge on any atom is 0.233 e. The second-order valence-electron chi connectivity index (χ2n) is 3.73. The molecule has 1 saturated heterocycles. The van der Waals surface area contributed by atoms with Crippen molar-refractivity contribution in [2.75, 3.05) is 20.1 Å². The predicted octanol–water partition coefficient (Wildman–Crippen LogP) is 0.997. The molecule has 1 N–H and O–H groups in total. The lowest BCUT2D eigenvalue weighted by molar-refractivity contribution is -0.122. The molecule has 3 nitrogen and oxygen atoms in total. The zero-order chi connectivity index (χ0) is 9.68. The van der Waals surface area contributed by atoms with Gasteiger partial charge in [0.1, 0.15) is 0 Å². The molecule has 0 aromatic carbocycles. The summed E-state index contributed by atoms with van der Waals surface area (Å²) in [7, 11) is 1.70. The van der Waals surface area contributed by atoms with E-state index in [1.54, 1.807) is 7.05 Å². The molecule has 3 heteroatoms. The smallest absolute Gasteiger partial charge is 0.233 e. The zero-order valence-corrected chi connectivity index (χ0v) is 8.68. The van der Waals surface area contributed by atoms with Crippen molar-refractivity contribution < 1.29 is 4.79 Å². The third kappa shape index (κ3) is 2.99. The number of nitrogens with zero attached hydrogens (tertiary/aromatic N) is 1.